The van der Waals surface area contributed by atoms with Crippen molar-refractivity contribution < 1.29 is 17.9 Å². The topological polar surface area (TPSA) is 75.7 Å². The van der Waals surface area contributed by atoms with Gasteiger partial charge in [0.25, 0.3) is 5.91 Å². The van der Waals surface area contributed by atoms with E-state index >= 15 is 0 Å². The Labute approximate surface area is 192 Å². The lowest BCUT2D eigenvalue weighted by Crippen LogP contribution is -2.38. The molecule has 0 radical (unpaired) electrons. The fourth-order valence-corrected chi connectivity index (χ4v) is 5.57. The van der Waals surface area contributed by atoms with E-state index in [4.69, 9.17) is 4.74 Å². The number of nitrogens with zero attached hydrogens (tertiary/aromatic N) is 1. The summed E-state index contributed by atoms with van der Waals surface area (Å²) in [6.45, 7) is 7.36. The van der Waals surface area contributed by atoms with Crippen molar-refractivity contribution in [3.63, 3.8) is 0 Å². The highest BCUT2D eigenvalue weighted by atomic mass is 32.2. The molecule has 0 aliphatic carbocycles. The van der Waals surface area contributed by atoms with Crippen molar-refractivity contribution in [1.82, 2.24) is 9.62 Å². The van der Waals surface area contributed by atoms with E-state index in [1.807, 2.05) is 30.3 Å². The van der Waals surface area contributed by atoms with Gasteiger partial charge >= 0.3 is 0 Å². The predicted molar refractivity (Wildman–Crippen MR) is 126 cm³/mol. The van der Waals surface area contributed by atoms with Gasteiger partial charge in [0.05, 0.1) is 23.6 Å². The zero-order valence-electron chi connectivity index (χ0n) is 19.4. The van der Waals surface area contributed by atoms with Gasteiger partial charge in [-0.3, -0.25) is 4.79 Å². The van der Waals surface area contributed by atoms with Crippen LogP contribution in [-0.4, -0.2) is 38.8 Å². The van der Waals surface area contributed by atoms with Crippen LogP contribution in [-0.2, 0) is 10.0 Å². The van der Waals surface area contributed by atoms with Gasteiger partial charge in [0.2, 0.25) is 10.0 Å². The number of carbonyl (C=O) groups is 1. The first-order valence-electron chi connectivity index (χ1n) is 11.3. The van der Waals surface area contributed by atoms with Gasteiger partial charge in [0.1, 0.15) is 5.75 Å². The number of sulfonamides is 1. The Bertz CT molecular complexity index is 1010. The zero-order chi connectivity index (χ0) is 23.3. The molecule has 0 saturated carbocycles. The average Bonchev–Trinajstić information content (AvgIpc) is 2.78. The molecule has 2 aromatic rings. The first kappa shape index (κ1) is 24.3. The molecule has 1 unspecified atom stereocenters. The minimum atomic E-state index is -3.67. The maximum Gasteiger partial charge on any atom is 0.255 e. The van der Waals surface area contributed by atoms with Crippen molar-refractivity contribution in [2.45, 2.75) is 51.0 Å². The predicted octanol–water partition coefficient (Wildman–Crippen LogP) is 4.63. The molecule has 0 bridgehead atoms. The summed E-state index contributed by atoms with van der Waals surface area (Å²) in [6.07, 6.45) is 2.45. The Morgan fingerprint density at radius 2 is 1.78 bits per heavy atom. The highest BCUT2D eigenvalue weighted by Gasteiger charge is 2.30. The van der Waals surface area contributed by atoms with Gasteiger partial charge < -0.3 is 10.1 Å². The monoisotopic (exact) mass is 458 g/mol. The largest absolute Gasteiger partial charge is 0.496 e. The highest BCUT2D eigenvalue weighted by Crippen LogP contribution is 2.29. The number of hydrogen-bond acceptors (Lipinski definition) is 4. The van der Waals surface area contributed by atoms with Crippen molar-refractivity contribution in [1.29, 1.82) is 0 Å². The summed E-state index contributed by atoms with van der Waals surface area (Å²) in [7, 11) is -2.19. The Morgan fingerprint density at radius 3 is 2.38 bits per heavy atom. The molecule has 1 N–H and O–H groups in total. The Balaban J connectivity index is 1.89. The lowest BCUT2D eigenvalue weighted by atomic mass is 9.96. The van der Waals surface area contributed by atoms with Crippen molar-refractivity contribution in [2.24, 2.45) is 11.8 Å². The number of rotatable bonds is 8. The fourth-order valence-electron chi connectivity index (χ4n) is 4.07. The smallest absolute Gasteiger partial charge is 0.255 e. The third-order valence-electron chi connectivity index (χ3n) is 6.01. The van der Waals surface area contributed by atoms with E-state index in [1.165, 1.54) is 23.5 Å². The summed E-state index contributed by atoms with van der Waals surface area (Å²) < 4.78 is 33.3. The molecule has 174 valence electrons. The number of amides is 1. The summed E-state index contributed by atoms with van der Waals surface area (Å²) in [5, 5.41) is 3.09. The molecular formula is C25H34N2O4S. The van der Waals surface area contributed by atoms with E-state index < -0.39 is 10.0 Å². The minimum Gasteiger partial charge on any atom is -0.496 e. The molecule has 2 aromatic carbocycles. The summed E-state index contributed by atoms with van der Waals surface area (Å²) >= 11 is 0. The third-order valence-corrected chi connectivity index (χ3v) is 7.90. The summed E-state index contributed by atoms with van der Waals surface area (Å²) in [4.78, 5) is 13.4. The maximum absolute atomic E-state index is 13.3. The second-order valence-corrected chi connectivity index (χ2v) is 11.0. The summed E-state index contributed by atoms with van der Waals surface area (Å²) in [5.74, 6) is 0.899. The number of nitrogens with one attached hydrogen (secondary N) is 1. The van der Waals surface area contributed by atoms with Crippen LogP contribution in [0.2, 0.25) is 0 Å². The van der Waals surface area contributed by atoms with Crippen molar-refractivity contribution >= 4 is 15.9 Å². The normalized spacial score (nSPS) is 16.7. The number of piperidine rings is 1. The molecule has 1 atom stereocenters. The molecule has 1 amide bonds. The zero-order valence-corrected chi connectivity index (χ0v) is 20.2. The molecule has 7 heteroatoms. The Morgan fingerprint density at radius 1 is 1.12 bits per heavy atom. The van der Waals surface area contributed by atoms with Crippen molar-refractivity contribution in [3.05, 3.63) is 59.7 Å². The first-order valence-corrected chi connectivity index (χ1v) is 12.7. The minimum absolute atomic E-state index is 0.123. The lowest BCUT2D eigenvalue weighted by Gasteiger charge is -2.29. The van der Waals surface area contributed by atoms with Gasteiger partial charge in [-0.15, -0.1) is 0 Å². The van der Waals surface area contributed by atoms with Crippen LogP contribution in [0.25, 0.3) is 0 Å². The standard InChI is InChI=1S/C25H34N2O4S/c1-18(2)16-23(20-8-6-5-7-9-20)26-25(28)22-17-21(10-11-24(22)31-4)32(29,30)27-14-12-19(3)13-15-27/h5-11,17-19,23H,12-16H2,1-4H3,(H,26,28). The van der Waals surface area contributed by atoms with E-state index in [9.17, 15) is 13.2 Å². The molecule has 1 aliphatic rings. The number of ether oxygens (including phenoxy) is 1. The van der Waals surface area contributed by atoms with E-state index in [0.717, 1.165) is 24.8 Å². The number of carbonyl (C=O) groups excluding carboxylic acids is 1. The van der Waals surface area contributed by atoms with Gasteiger partial charge in [0, 0.05) is 13.1 Å². The molecule has 1 saturated heterocycles. The van der Waals surface area contributed by atoms with Gasteiger partial charge in [-0.05, 0) is 54.9 Å². The molecule has 3 rings (SSSR count). The van der Waals surface area contributed by atoms with E-state index in [1.54, 1.807) is 6.07 Å². The summed E-state index contributed by atoms with van der Waals surface area (Å²) in [6, 6.07) is 14.2. The van der Waals surface area contributed by atoms with Crippen LogP contribution in [0, 0.1) is 11.8 Å². The maximum atomic E-state index is 13.3. The second-order valence-electron chi connectivity index (χ2n) is 9.01. The quantitative estimate of drug-likeness (QED) is 0.626. The van der Waals surface area contributed by atoms with E-state index in [2.05, 4.69) is 26.1 Å². The van der Waals surface area contributed by atoms with Crippen LogP contribution in [0.4, 0.5) is 0 Å². The number of hydrogen-bond donors (Lipinski definition) is 1. The third kappa shape index (κ3) is 5.70. The molecule has 1 fully saturated rings. The summed E-state index contributed by atoms with van der Waals surface area (Å²) in [5.41, 5.74) is 1.24. The van der Waals surface area contributed by atoms with Gasteiger partial charge in [-0.2, -0.15) is 4.31 Å². The molecular weight excluding hydrogens is 424 g/mol. The lowest BCUT2D eigenvalue weighted by molar-refractivity contribution is 0.0928. The molecule has 6 nitrogen and oxygen atoms in total. The van der Waals surface area contributed by atoms with Crippen LogP contribution >= 0.6 is 0 Å². The Hall–Kier alpha value is -2.38. The van der Waals surface area contributed by atoms with Crippen LogP contribution in [0.3, 0.4) is 0 Å². The molecule has 32 heavy (non-hydrogen) atoms. The van der Waals surface area contributed by atoms with E-state index in [0.29, 0.717) is 30.7 Å². The second kappa shape index (κ2) is 10.5. The number of benzene rings is 2. The molecule has 1 heterocycles. The number of methoxy groups -OCH3 is 1. The SMILES string of the molecule is COc1ccc(S(=O)(=O)N2CCC(C)CC2)cc1C(=O)NC(CC(C)C)c1ccccc1. The van der Waals surface area contributed by atoms with Crippen LogP contribution in [0.1, 0.15) is 62.0 Å². The van der Waals surface area contributed by atoms with Crippen LogP contribution < -0.4 is 10.1 Å². The highest BCUT2D eigenvalue weighted by molar-refractivity contribution is 7.89. The first-order chi connectivity index (χ1) is 15.2. The van der Waals surface area contributed by atoms with Crippen LogP contribution in [0.5, 0.6) is 5.75 Å². The van der Waals surface area contributed by atoms with Gasteiger partial charge in [0.15, 0.2) is 0 Å². The van der Waals surface area contributed by atoms with Crippen LogP contribution in [0.15, 0.2) is 53.4 Å². The Kier molecular flexibility index (Phi) is 7.96. The molecule has 0 aromatic heterocycles. The van der Waals surface area contributed by atoms with Crippen molar-refractivity contribution in [2.75, 3.05) is 20.2 Å². The molecule has 1 aliphatic heterocycles. The fraction of sp³-hybridized carbons (Fsp3) is 0.480. The van der Waals surface area contributed by atoms with Gasteiger partial charge in [-0.25, -0.2) is 8.42 Å². The van der Waals surface area contributed by atoms with Crippen molar-refractivity contribution in [3.8, 4) is 5.75 Å². The molecule has 0 spiro atoms. The van der Waals surface area contributed by atoms with E-state index in [-0.39, 0.29) is 22.4 Å². The average molecular weight is 459 g/mol. The van der Waals surface area contributed by atoms with Gasteiger partial charge in [-0.1, -0.05) is 51.1 Å².